The van der Waals surface area contributed by atoms with Crippen LogP contribution in [0.5, 0.6) is 0 Å². The minimum Gasteiger partial charge on any atom is -0.378 e. The molecule has 0 radical (unpaired) electrons. The zero-order chi connectivity index (χ0) is 27.5. The molecule has 0 aliphatic heterocycles. The van der Waals surface area contributed by atoms with Crippen LogP contribution in [0.15, 0.2) is 85.2 Å². The number of fused-ring (bicyclic) bond motifs is 1. The normalized spacial score (nSPS) is 10.8. The Labute approximate surface area is 228 Å². The highest BCUT2D eigenvalue weighted by atomic mass is 16.1. The number of anilines is 6. The molecule has 0 saturated carbocycles. The van der Waals surface area contributed by atoms with Gasteiger partial charge in [0.05, 0.1) is 11.2 Å². The summed E-state index contributed by atoms with van der Waals surface area (Å²) in [7, 11) is 4.07. The van der Waals surface area contributed by atoms with E-state index in [1.807, 2.05) is 94.8 Å². The van der Waals surface area contributed by atoms with E-state index in [-0.39, 0.29) is 5.91 Å². The molecule has 5 rings (SSSR count). The third-order valence-corrected chi connectivity index (χ3v) is 6.60. The van der Waals surface area contributed by atoms with E-state index in [1.54, 1.807) is 6.20 Å². The molecule has 7 heteroatoms. The van der Waals surface area contributed by atoms with Gasteiger partial charge in [0.1, 0.15) is 0 Å². The quantitative estimate of drug-likeness (QED) is 0.210. The van der Waals surface area contributed by atoms with Crippen LogP contribution in [0, 0.1) is 20.8 Å². The van der Waals surface area contributed by atoms with E-state index < -0.39 is 0 Å². The topological polar surface area (TPSA) is 82.2 Å². The maximum absolute atomic E-state index is 12.9. The minimum atomic E-state index is -0.163. The lowest BCUT2D eigenvalue weighted by Crippen LogP contribution is -2.11. The van der Waals surface area contributed by atoms with Crippen molar-refractivity contribution in [2.75, 3.05) is 34.9 Å². The Morgan fingerprint density at radius 2 is 1.38 bits per heavy atom. The van der Waals surface area contributed by atoms with E-state index in [2.05, 4.69) is 49.9 Å². The number of nitrogens with one attached hydrogen (secondary N) is 3. The van der Waals surface area contributed by atoms with Gasteiger partial charge in [-0.25, -0.2) is 0 Å². The van der Waals surface area contributed by atoms with Crippen molar-refractivity contribution >= 4 is 50.9 Å². The summed E-state index contributed by atoms with van der Waals surface area (Å²) in [5.74, 6) is -0.163. The van der Waals surface area contributed by atoms with Crippen LogP contribution in [0.4, 0.5) is 34.1 Å². The number of benzene rings is 3. The van der Waals surface area contributed by atoms with Gasteiger partial charge in [-0.2, -0.15) is 0 Å². The number of aromatic nitrogens is 2. The first-order valence-electron chi connectivity index (χ1n) is 12.8. The van der Waals surface area contributed by atoms with Crippen LogP contribution in [-0.2, 0) is 0 Å². The van der Waals surface area contributed by atoms with Gasteiger partial charge in [0, 0.05) is 71.6 Å². The lowest BCUT2D eigenvalue weighted by atomic mass is 10.0. The summed E-state index contributed by atoms with van der Waals surface area (Å²) in [6.45, 7) is 6.09. The van der Waals surface area contributed by atoms with E-state index in [0.29, 0.717) is 5.56 Å². The van der Waals surface area contributed by atoms with Crippen LogP contribution in [0.3, 0.4) is 0 Å². The highest BCUT2D eigenvalue weighted by Gasteiger charge is 2.12. The van der Waals surface area contributed by atoms with Crippen molar-refractivity contribution in [3.8, 4) is 0 Å². The van der Waals surface area contributed by atoms with Crippen LogP contribution >= 0.6 is 0 Å². The van der Waals surface area contributed by atoms with Crippen molar-refractivity contribution < 1.29 is 4.79 Å². The molecule has 0 fully saturated rings. The van der Waals surface area contributed by atoms with Crippen LogP contribution in [-0.4, -0.2) is 30.0 Å². The molecule has 196 valence electrons. The molecule has 0 spiro atoms. The molecule has 0 aliphatic rings. The summed E-state index contributed by atoms with van der Waals surface area (Å²) in [6.07, 6.45) is 3.67. The summed E-state index contributed by atoms with van der Waals surface area (Å²) in [4.78, 5) is 23.9. The van der Waals surface area contributed by atoms with Gasteiger partial charge in [0.15, 0.2) is 0 Å². The largest absolute Gasteiger partial charge is 0.378 e. The molecule has 0 atom stereocenters. The van der Waals surface area contributed by atoms with Gasteiger partial charge in [-0.15, -0.1) is 0 Å². The van der Waals surface area contributed by atoms with Gasteiger partial charge in [-0.1, -0.05) is 0 Å². The maximum Gasteiger partial charge on any atom is 0.255 e. The predicted molar refractivity (Wildman–Crippen MR) is 162 cm³/mol. The summed E-state index contributed by atoms with van der Waals surface area (Å²) in [5.41, 5.74) is 10.3. The maximum atomic E-state index is 12.9. The summed E-state index contributed by atoms with van der Waals surface area (Å²) in [6, 6.07) is 23.3. The van der Waals surface area contributed by atoms with Gasteiger partial charge in [-0.3, -0.25) is 14.8 Å². The van der Waals surface area contributed by atoms with Crippen molar-refractivity contribution in [1.82, 2.24) is 9.97 Å². The third-order valence-electron chi connectivity index (χ3n) is 6.60. The van der Waals surface area contributed by atoms with Gasteiger partial charge >= 0.3 is 0 Å². The number of rotatable bonds is 7. The Kier molecular flexibility index (Phi) is 7.14. The second kappa shape index (κ2) is 10.8. The number of aryl methyl sites for hydroxylation is 3. The standard InChI is InChI=1S/C32H32N6O/c1-20-16-28(38(4)5)18-29-30(20)34-19-21(2)31(29)36-25-8-6-23(7-9-25)32(39)37-26-12-10-24(11-13-26)35-27-14-15-33-22(3)17-27/h6-19H,1-5H3,(H,33,35)(H,34,36)(H,37,39). The lowest BCUT2D eigenvalue weighted by molar-refractivity contribution is 0.102. The third kappa shape index (κ3) is 5.83. The number of pyridine rings is 2. The molecule has 5 aromatic rings. The molecule has 1 amide bonds. The summed E-state index contributed by atoms with van der Waals surface area (Å²) >= 11 is 0. The zero-order valence-corrected chi connectivity index (χ0v) is 22.8. The van der Waals surface area contributed by atoms with Crippen LogP contribution in [0.2, 0.25) is 0 Å². The Balaban J connectivity index is 1.29. The van der Waals surface area contributed by atoms with Crippen molar-refractivity contribution in [1.29, 1.82) is 0 Å². The van der Waals surface area contributed by atoms with E-state index in [9.17, 15) is 4.79 Å². The van der Waals surface area contributed by atoms with Crippen LogP contribution < -0.4 is 20.9 Å². The molecular formula is C32H32N6O. The molecule has 2 heterocycles. The average Bonchev–Trinajstić information content (AvgIpc) is 2.91. The fourth-order valence-corrected chi connectivity index (χ4v) is 4.46. The van der Waals surface area contributed by atoms with Gasteiger partial charge in [0.2, 0.25) is 0 Å². The average molecular weight is 517 g/mol. The molecule has 2 aromatic heterocycles. The molecule has 0 unspecified atom stereocenters. The summed E-state index contributed by atoms with van der Waals surface area (Å²) in [5, 5.41) is 10.9. The summed E-state index contributed by atoms with van der Waals surface area (Å²) < 4.78 is 0. The van der Waals surface area contributed by atoms with Crippen molar-refractivity contribution in [2.24, 2.45) is 0 Å². The molecule has 0 bridgehead atoms. The van der Waals surface area contributed by atoms with E-state index in [4.69, 9.17) is 0 Å². The SMILES string of the molecule is Cc1cc(Nc2ccc(NC(=O)c3ccc(Nc4c(C)cnc5c(C)cc(N(C)C)cc45)cc3)cc2)ccn1. The second-order valence-electron chi connectivity index (χ2n) is 9.91. The van der Waals surface area contributed by atoms with E-state index >= 15 is 0 Å². The van der Waals surface area contributed by atoms with Gasteiger partial charge in [0.25, 0.3) is 5.91 Å². The highest BCUT2D eigenvalue weighted by Crippen LogP contribution is 2.33. The molecule has 3 N–H and O–H groups in total. The van der Waals surface area contributed by atoms with Crippen LogP contribution in [0.1, 0.15) is 27.2 Å². The Morgan fingerprint density at radius 3 is 2.08 bits per heavy atom. The fourth-order valence-electron chi connectivity index (χ4n) is 4.46. The molecule has 0 aliphatic carbocycles. The Hall–Kier alpha value is -4.91. The number of hydrogen-bond acceptors (Lipinski definition) is 6. The number of hydrogen-bond donors (Lipinski definition) is 3. The highest BCUT2D eigenvalue weighted by molar-refractivity contribution is 6.04. The van der Waals surface area contributed by atoms with E-state index in [1.165, 1.54) is 0 Å². The second-order valence-corrected chi connectivity index (χ2v) is 9.91. The first-order valence-corrected chi connectivity index (χ1v) is 12.8. The van der Waals surface area contributed by atoms with Crippen molar-refractivity contribution in [3.05, 3.63) is 108 Å². The molecule has 39 heavy (non-hydrogen) atoms. The molecule has 7 nitrogen and oxygen atoms in total. The predicted octanol–water partition coefficient (Wildman–Crippen LogP) is 7.36. The number of nitrogens with zero attached hydrogens (tertiary/aromatic N) is 3. The number of amides is 1. The monoisotopic (exact) mass is 516 g/mol. The van der Waals surface area contributed by atoms with Gasteiger partial charge in [-0.05, 0) is 105 Å². The first-order chi connectivity index (χ1) is 18.8. The molecule has 0 saturated heterocycles. The molecule has 3 aromatic carbocycles. The first kappa shape index (κ1) is 25.7. The fraction of sp³-hybridized carbons (Fsp3) is 0.156. The van der Waals surface area contributed by atoms with Crippen molar-refractivity contribution in [2.45, 2.75) is 20.8 Å². The zero-order valence-electron chi connectivity index (χ0n) is 22.8. The van der Waals surface area contributed by atoms with Crippen molar-refractivity contribution in [3.63, 3.8) is 0 Å². The van der Waals surface area contributed by atoms with Crippen LogP contribution in [0.25, 0.3) is 10.9 Å². The Bertz CT molecular complexity index is 1640. The Morgan fingerprint density at radius 1 is 0.718 bits per heavy atom. The van der Waals surface area contributed by atoms with Gasteiger partial charge < -0.3 is 20.9 Å². The lowest BCUT2D eigenvalue weighted by Gasteiger charge is -2.18. The minimum absolute atomic E-state index is 0.163. The smallest absolute Gasteiger partial charge is 0.255 e. The molecular weight excluding hydrogens is 484 g/mol. The number of carbonyl (C=O) groups excluding carboxylic acids is 1. The number of carbonyl (C=O) groups is 1. The van der Waals surface area contributed by atoms with E-state index in [0.717, 1.165) is 61.8 Å².